The molecule has 3 aromatic carbocycles. The Kier molecular flexibility index (Phi) is 6.85. The number of carbonyl (C=O) groups is 1. The lowest BCUT2D eigenvalue weighted by molar-refractivity contribution is -0.151. The Balaban J connectivity index is 1.78. The molecule has 0 aliphatic carbocycles. The third kappa shape index (κ3) is 5.01. The number of hydrogen-bond acceptors (Lipinski definition) is 3. The summed E-state index contributed by atoms with van der Waals surface area (Å²) in [5.41, 5.74) is 4.71. The standard InChI is InChI=1S/C25H26O3/c1-3-20-12-8-9-13-23(20)21-14-16-22(17-15-21)28-24(25(26)27-4-2)18-19-10-6-5-7-11-19/h5-17,24H,3-4,18H2,1-2H3/t24-/m0/s1. The zero-order chi connectivity index (χ0) is 19.8. The van der Waals surface area contributed by atoms with E-state index in [4.69, 9.17) is 9.47 Å². The summed E-state index contributed by atoms with van der Waals surface area (Å²) in [5.74, 6) is 0.318. The second kappa shape index (κ2) is 9.75. The third-order valence-electron chi connectivity index (χ3n) is 4.66. The molecule has 0 fully saturated rings. The molecule has 0 saturated heterocycles. The van der Waals surface area contributed by atoms with E-state index < -0.39 is 6.10 Å². The van der Waals surface area contributed by atoms with Crippen LogP contribution in [0.2, 0.25) is 0 Å². The van der Waals surface area contributed by atoms with E-state index in [0.29, 0.717) is 18.8 Å². The van der Waals surface area contributed by atoms with Crippen molar-refractivity contribution in [3.05, 3.63) is 90.0 Å². The Morgan fingerprint density at radius 1 is 0.857 bits per heavy atom. The van der Waals surface area contributed by atoms with Gasteiger partial charge in [0.1, 0.15) is 5.75 Å². The monoisotopic (exact) mass is 374 g/mol. The van der Waals surface area contributed by atoms with Crippen LogP contribution >= 0.6 is 0 Å². The summed E-state index contributed by atoms with van der Waals surface area (Å²) in [7, 11) is 0. The van der Waals surface area contributed by atoms with Crippen LogP contribution in [0.15, 0.2) is 78.9 Å². The first kappa shape index (κ1) is 19.7. The van der Waals surface area contributed by atoms with Crippen molar-refractivity contribution in [3.8, 4) is 16.9 Å². The van der Waals surface area contributed by atoms with Gasteiger partial charge in [-0.3, -0.25) is 0 Å². The molecule has 3 rings (SSSR count). The van der Waals surface area contributed by atoms with Crippen molar-refractivity contribution >= 4 is 5.97 Å². The van der Waals surface area contributed by atoms with Gasteiger partial charge >= 0.3 is 5.97 Å². The summed E-state index contributed by atoms with van der Waals surface area (Å²) in [5, 5.41) is 0. The zero-order valence-corrected chi connectivity index (χ0v) is 16.4. The third-order valence-corrected chi connectivity index (χ3v) is 4.66. The van der Waals surface area contributed by atoms with E-state index in [-0.39, 0.29) is 5.97 Å². The largest absolute Gasteiger partial charge is 0.478 e. The van der Waals surface area contributed by atoms with Crippen LogP contribution in [-0.4, -0.2) is 18.7 Å². The predicted octanol–water partition coefficient (Wildman–Crippen LogP) is 5.47. The molecule has 0 heterocycles. The maximum absolute atomic E-state index is 12.4. The van der Waals surface area contributed by atoms with Crippen molar-refractivity contribution in [2.45, 2.75) is 32.8 Å². The first-order valence-electron chi connectivity index (χ1n) is 9.76. The van der Waals surface area contributed by atoms with Gasteiger partial charge in [0.15, 0.2) is 6.10 Å². The molecule has 0 N–H and O–H groups in total. The van der Waals surface area contributed by atoms with E-state index in [0.717, 1.165) is 17.5 Å². The van der Waals surface area contributed by atoms with Gasteiger partial charge in [-0.25, -0.2) is 4.79 Å². The van der Waals surface area contributed by atoms with Crippen LogP contribution in [0.3, 0.4) is 0 Å². The first-order chi connectivity index (χ1) is 13.7. The Hall–Kier alpha value is -3.07. The maximum Gasteiger partial charge on any atom is 0.347 e. The number of carbonyl (C=O) groups excluding carboxylic acids is 1. The lowest BCUT2D eigenvalue weighted by atomic mass is 9.98. The van der Waals surface area contributed by atoms with E-state index >= 15 is 0 Å². The zero-order valence-electron chi connectivity index (χ0n) is 16.4. The fourth-order valence-electron chi connectivity index (χ4n) is 3.22. The van der Waals surface area contributed by atoms with Crippen molar-refractivity contribution in [2.24, 2.45) is 0 Å². The van der Waals surface area contributed by atoms with E-state index in [9.17, 15) is 4.79 Å². The molecule has 0 amide bonds. The van der Waals surface area contributed by atoms with E-state index in [2.05, 4.69) is 31.2 Å². The van der Waals surface area contributed by atoms with Gasteiger partial charge in [-0.1, -0.05) is 73.7 Å². The fourth-order valence-corrected chi connectivity index (χ4v) is 3.22. The molecular formula is C25H26O3. The highest BCUT2D eigenvalue weighted by atomic mass is 16.6. The molecule has 0 saturated carbocycles. The highest BCUT2D eigenvalue weighted by Gasteiger charge is 2.22. The quantitative estimate of drug-likeness (QED) is 0.491. The number of aryl methyl sites for hydroxylation is 1. The Morgan fingerprint density at radius 2 is 1.54 bits per heavy atom. The topological polar surface area (TPSA) is 35.5 Å². The molecule has 3 aromatic rings. The molecule has 0 aliphatic heterocycles. The van der Waals surface area contributed by atoms with Crippen molar-refractivity contribution in [2.75, 3.05) is 6.61 Å². The molecule has 0 radical (unpaired) electrons. The predicted molar refractivity (Wildman–Crippen MR) is 112 cm³/mol. The highest BCUT2D eigenvalue weighted by molar-refractivity contribution is 5.75. The highest BCUT2D eigenvalue weighted by Crippen LogP contribution is 2.27. The van der Waals surface area contributed by atoms with Gasteiger partial charge in [-0.15, -0.1) is 0 Å². The number of benzene rings is 3. The summed E-state index contributed by atoms with van der Waals surface area (Å²) in [6.45, 7) is 4.29. The molecule has 0 bridgehead atoms. The molecule has 28 heavy (non-hydrogen) atoms. The van der Waals surface area contributed by atoms with Crippen molar-refractivity contribution in [1.29, 1.82) is 0 Å². The number of rotatable bonds is 8. The van der Waals surface area contributed by atoms with Crippen LogP contribution in [-0.2, 0) is 22.4 Å². The van der Waals surface area contributed by atoms with Gasteiger partial charge in [0.2, 0.25) is 0 Å². The maximum atomic E-state index is 12.4. The van der Waals surface area contributed by atoms with E-state index in [1.165, 1.54) is 11.1 Å². The average Bonchev–Trinajstić information content (AvgIpc) is 2.75. The minimum Gasteiger partial charge on any atom is -0.478 e. The SMILES string of the molecule is CCOC(=O)[C@H](Cc1ccccc1)Oc1ccc(-c2ccccc2CC)cc1. The van der Waals surface area contributed by atoms with Crippen LogP contribution in [0.5, 0.6) is 5.75 Å². The Bertz CT molecular complexity index is 885. The smallest absolute Gasteiger partial charge is 0.347 e. The van der Waals surface area contributed by atoms with E-state index in [1.54, 1.807) is 6.92 Å². The first-order valence-corrected chi connectivity index (χ1v) is 9.76. The Labute approximate surface area is 166 Å². The molecule has 144 valence electrons. The van der Waals surface area contributed by atoms with Crippen LogP contribution in [0.4, 0.5) is 0 Å². The lowest BCUT2D eigenvalue weighted by Crippen LogP contribution is -2.31. The lowest BCUT2D eigenvalue weighted by Gasteiger charge is -2.18. The van der Waals surface area contributed by atoms with Gasteiger partial charge in [0, 0.05) is 6.42 Å². The van der Waals surface area contributed by atoms with Gasteiger partial charge in [-0.05, 0) is 47.7 Å². The van der Waals surface area contributed by atoms with E-state index in [1.807, 2.05) is 54.6 Å². The summed E-state index contributed by atoms with van der Waals surface area (Å²) in [6, 6.07) is 26.1. The summed E-state index contributed by atoms with van der Waals surface area (Å²) in [4.78, 5) is 12.4. The molecular weight excluding hydrogens is 348 g/mol. The van der Waals surface area contributed by atoms with Crippen molar-refractivity contribution in [1.82, 2.24) is 0 Å². The number of ether oxygens (including phenoxy) is 2. The summed E-state index contributed by atoms with van der Waals surface area (Å²) >= 11 is 0. The van der Waals surface area contributed by atoms with Crippen LogP contribution < -0.4 is 4.74 Å². The molecule has 0 unspecified atom stereocenters. The van der Waals surface area contributed by atoms with Gasteiger partial charge in [0.05, 0.1) is 6.61 Å². The van der Waals surface area contributed by atoms with Gasteiger partial charge < -0.3 is 9.47 Å². The van der Waals surface area contributed by atoms with Gasteiger partial charge in [0.25, 0.3) is 0 Å². The molecule has 3 heteroatoms. The normalized spacial score (nSPS) is 11.6. The summed E-state index contributed by atoms with van der Waals surface area (Å²) < 4.78 is 11.2. The fraction of sp³-hybridized carbons (Fsp3) is 0.240. The van der Waals surface area contributed by atoms with Crippen molar-refractivity contribution < 1.29 is 14.3 Å². The Morgan fingerprint density at radius 3 is 2.21 bits per heavy atom. The number of esters is 1. The second-order valence-corrected chi connectivity index (χ2v) is 6.58. The van der Waals surface area contributed by atoms with Crippen LogP contribution in [0.1, 0.15) is 25.0 Å². The average molecular weight is 374 g/mol. The molecule has 3 nitrogen and oxygen atoms in total. The van der Waals surface area contributed by atoms with Crippen LogP contribution in [0.25, 0.3) is 11.1 Å². The minimum absolute atomic E-state index is 0.334. The van der Waals surface area contributed by atoms with Gasteiger partial charge in [-0.2, -0.15) is 0 Å². The molecule has 0 spiro atoms. The van der Waals surface area contributed by atoms with Crippen LogP contribution in [0, 0.1) is 0 Å². The number of hydrogen-bond donors (Lipinski definition) is 0. The molecule has 0 aromatic heterocycles. The second-order valence-electron chi connectivity index (χ2n) is 6.58. The summed E-state index contributed by atoms with van der Waals surface area (Å²) in [6.07, 6.45) is 0.785. The molecule has 0 aliphatic rings. The minimum atomic E-state index is -0.670. The van der Waals surface area contributed by atoms with Crippen molar-refractivity contribution in [3.63, 3.8) is 0 Å². The molecule has 1 atom stereocenters.